The fourth-order valence-corrected chi connectivity index (χ4v) is 2.18. The van der Waals surface area contributed by atoms with Gasteiger partial charge in [-0.25, -0.2) is 0 Å². The predicted octanol–water partition coefficient (Wildman–Crippen LogP) is 3.08. The molecule has 0 aliphatic rings. The van der Waals surface area contributed by atoms with E-state index in [2.05, 4.69) is 5.32 Å². The predicted molar refractivity (Wildman–Crippen MR) is 85.7 cm³/mol. The molecule has 0 bridgehead atoms. The molecule has 0 radical (unpaired) electrons. The van der Waals surface area contributed by atoms with E-state index in [1.807, 2.05) is 32.0 Å². The lowest BCUT2D eigenvalue weighted by Crippen LogP contribution is -2.15. The van der Waals surface area contributed by atoms with Crippen molar-refractivity contribution in [2.75, 3.05) is 18.2 Å². The molecule has 4 nitrogen and oxygen atoms in total. The van der Waals surface area contributed by atoms with E-state index in [0.717, 1.165) is 16.7 Å². The lowest BCUT2D eigenvalue weighted by atomic mass is 10.0. The van der Waals surface area contributed by atoms with Crippen LogP contribution in [0, 0.1) is 13.8 Å². The van der Waals surface area contributed by atoms with Gasteiger partial charge in [-0.3, -0.25) is 4.79 Å². The molecule has 0 fully saturated rings. The number of carbonyl (C=O) groups excluding carboxylic acids is 1. The molecule has 0 saturated carbocycles. The molecule has 4 heteroatoms. The average molecular weight is 284 g/mol. The summed E-state index contributed by atoms with van der Waals surface area (Å²) in [5, 5.41) is 2.85. The van der Waals surface area contributed by atoms with Crippen molar-refractivity contribution in [3.05, 3.63) is 53.1 Å². The van der Waals surface area contributed by atoms with Crippen molar-refractivity contribution in [3.63, 3.8) is 0 Å². The highest BCUT2D eigenvalue weighted by atomic mass is 16.5. The van der Waals surface area contributed by atoms with Crippen LogP contribution < -0.4 is 15.8 Å². The first kappa shape index (κ1) is 14.9. The fourth-order valence-electron chi connectivity index (χ4n) is 2.18. The van der Waals surface area contributed by atoms with Gasteiger partial charge in [0.1, 0.15) is 5.75 Å². The molecule has 2 aromatic carbocycles. The van der Waals surface area contributed by atoms with Crippen LogP contribution in [0.3, 0.4) is 0 Å². The number of anilines is 2. The molecule has 2 rings (SSSR count). The van der Waals surface area contributed by atoms with Crippen molar-refractivity contribution in [2.24, 2.45) is 0 Å². The molecular formula is C17H20N2O2. The van der Waals surface area contributed by atoms with Crippen LogP contribution >= 0.6 is 0 Å². The first-order valence-corrected chi connectivity index (χ1v) is 6.79. The van der Waals surface area contributed by atoms with Gasteiger partial charge in [0, 0.05) is 5.69 Å². The minimum absolute atomic E-state index is 0.0618. The Morgan fingerprint density at radius 3 is 2.62 bits per heavy atom. The minimum atomic E-state index is -0.0618. The number of nitrogen functional groups attached to an aromatic ring is 1. The molecule has 0 heterocycles. The number of benzene rings is 2. The molecule has 0 unspecified atom stereocenters. The van der Waals surface area contributed by atoms with Crippen molar-refractivity contribution >= 4 is 17.3 Å². The maximum Gasteiger partial charge on any atom is 0.228 e. The molecule has 2 aromatic rings. The second-order valence-corrected chi connectivity index (χ2v) is 5.11. The van der Waals surface area contributed by atoms with E-state index < -0.39 is 0 Å². The van der Waals surface area contributed by atoms with Crippen LogP contribution in [-0.4, -0.2) is 13.0 Å². The standard InChI is InChI=1S/C17H20N2O2/c1-11-4-5-12(2)13(8-11)9-17(20)19-14-6-7-16(21-3)15(18)10-14/h4-8,10H,9,18H2,1-3H3,(H,19,20). The van der Waals surface area contributed by atoms with Crippen LogP contribution in [0.1, 0.15) is 16.7 Å². The Kier molecular flexibility index (Phi) is 4.48. The molecule has 0 spiro atoms. The Bertz CT molecular complexity index is 666. The van der Waals surface area contributed by atoms with Gasteiger partial charge in [-0.2, -0.15) is 0 Å². The lowest BCUT2D eigenvalue weighted by molar-refractivity contribution is -0.115. The molecule has 3 N–H and O–H groups in total. The highest BCUT2D eigenvalue weighted by Crippen LogP contribution is 2.24. The second-order valence-electron chi connectivity index (χ2n) is 5.11. The van der Waals surface area contributed by atoms with Gasteiger partial charge >= 0.3 is 0 Å². The van der Waals surface area contributed by atoms with Crippen LogP contribution in [-0.2, 0) is 11.2 Å². The number of nitrogens with one attached hydrogen (secondary N) is 1. The van der Waals surface area contributed by atoms with Crippen LogP contribution in [0.25, 0.3) is 0 Å². The number of ether oxygens (including phenoxy) is 1. The Hall–Kier alpha value is -2.49. The van der Waals surface area contributed by atoms with Crippen molar-refractivity contribution in [2.45, 2.75) is 20.3 Å². The summed E-state index contributed by atoms with van der Waals surface area (Å²) < 4.78 is 5.09. The van der Waals surface area contributed by atoms with Gasteiger partial charge in [-0.05, 0) is 43.2 Å². The summed E-state index contributed by atoms with van der Waals surface area (Å²) in [4.78, 5) is 12.1. The van der Waals surface area contributed by atoms with Gasteiger partial charge < -0.3 is 15.8 Å². The number of hydrogen-bond donors (Lipinski definition) is 2. The number of rotatable bonds is 4. The molecule has 1 amide bonds. The maximum atomic E-state index is 12.1. The van der Waals surface area contributed by atoms with Gasteiger partial charge in [0.05, 0.1) is 19.2 Å². The topological polar surface area (TPSA) is 64.3 Å². The first-order chi connectivity index (χ1) is 9.99. The number of amides is 1. The number of nitrogens with two attached hydrogens (primary N) is 1. The van der Waals surface area contributed by atoms with Crippen LogP contribution in [0.5, 0.6) is 5.75 Å². The number of aryl methyl sites for hydroxylation is 2. The van der Waals surface area contributed by atoms with E-state index in [4.69, 9.17) is 10.5 Å². The molecule has 0 aliphatic heterocycles. The minimum Gasteiger partial charge on any atom is -0.495 e. The third kappa shape index (κ3) is 3.75. The summed E-state index contributed by atoms with van der Waals surface area (Å²) in [6.07, 6.45) is 0.347. The average Bonchev–Trinajstić information content (AvgIpc) is 2.43. The molecule has 0 atom stereocenters. The summed E-state index contributed by atoms with van der Waals surface area (Å²) in [7, 11) is 1.56. The second kappa shape index (κ2) is 6.31. The van der Waals surface area contributed by atoms with E-state index in [1.54, 1.807) is 25.3 Å². The van der Waals surface area contributed by atoms with Crippen molar-refractivity contribution in [1.82, 2.24) is 0 Å². The Balaban J connectivity index is 2.08. The van der Waals surface area contributed by atoms with Crippen LogP contribution in [0.4, 0.5) is 11.4 Å². The molecule has 0 saturated heterocycles. The normalized spacial score (nSPS) is 10.2. The number of methoxy groups -OCH3 is 1. The monoisotopic (exact) mass is 284 g/mol. The van der Waals surface area contributed by atoms with Crippen molar-refractivity contribution in [1.29, 1.82) is 0 Å². The zero-order valence-corrected chi connectivity index (χ0v) is 12.6. The zero-order valence-electron chi connectivity index (χ0n) is 12.6. The number of hydrogen-bond acceptors (Lipinski definition) is 3. The van der Waals surface area contributed by atoms with E-state index in [9.17, 15) is 4.79 Å². The van der Waals surface area contributed by atoms with Gasteiger partial charge in [0.15, 0.2) is 0 Å². The highest BCUT2D eigenvalue weighted by molar-refractivity contribution is 5.93. The molecule has 0 aromatic heterocycles. The van der Waals surface area contributed by atoms with Crippen molar-refractivity contribution in [3.8, 4) is 5.75 Å². The quantitative estimate of drug-likeness (QED) is 0.848. The van der Waals surface area contributed by atoms with Gasteiger partial charge in [-0.1, -0.05) is 23.8 Å². The smallest absolute Gasteiger partial charge is 0.228 e. The van der Waals surface area contributed by atoms with E-state index in [-0.39, 0.29) is 5.91 Å². The first-order valence-electron chi connectivity index (χ1n) is 6.79. The van der Waals surface area contributed by atoms with E-state index in [1.165, 1.54) is 0 Å². The summed E-state index contributed by atoms with van der Waals surface area (Å²) in [6.45, 7) is 4.03. The third-order valence-electron chi connectivity index (χ3n) is 3.37. The summed E-state index contributed by atoms with van der Waals surface area (Å²) in [5.41, 5.74) is 10.3. The van der Waals surface area contributed by atoms with Gasteiger partial charge in [0.25, 0.3) is 0 Å². The van der Waals surface area contributed by atoms with Crippen molar-refractivity contribution < 1.29 is 9.53 Å². The van der Waals surface area contributed by atoms with Crippen LogP contribution in [0.2, 0.25) is 0 Å². The largest absolute Gasteiger partial charge is 0.495 e. The maximum absolute atomic E-state index is 12.1. The molecule has 110 valence electrons. The lowest BCUT2D eigenvalue weighted by Gasteiger charge is -2.10. The molecule has 0 aliphatic carbocycles. The third-order valence-corrected chi connectivity index (χ3v) is 3.37. The number of carbonyl (C=O) groups is 1. The van der Waals surface area contributed by atoms with E-state index in [0.29, 0.717) is 23.5 Å². The summed E-state index contributed by atoms with van der Waals surface area (Å²) in [6, 6.07) is 11.3. The Morgan fingerprint density at radius 1 is 1.19 bits per heavy atom. The molecule has 21 heavy (non-hydrogen) atoms. The molecular weight excluding hydrogens is 264 g/mol. The van der Waals surface area contributed by atoms with Gasteiger partial charge in [0.2, 0.25) is 5.91 Å². The van der Waals surface area contributed by atoms with Gasteiger partial charge in [-0.15, -0.1) is 0 Å². The fraction of sp³-hybridized carbons (Fsp3) is 0.235. The Labute approximate surface area is 124 Å². The highest BCUT2D eigenvalue weighted by Gasteiger charge is 2.08. The zero-order chi connectivity index (χ0) is 15.4. The summed E-state index contributed by atoms with van der Waals surface area (Å²) >= 11 is 0. The Morgan fingerprint density at radius 2 is 1.95 bits per heavy atom. The summed E-state index contributed by atoms with van der Waals surface area (Å²) in [5.74, 6) is 0.538. The SMILES string of the molecule is COc1ccc(NC(=O)Cc2cc(C)ccc2C)cc1N. The van der Waals surface area contributed by atoms with E-state index >= 15 is 0 Å². The van der Waals surface area contributed by atoms with Crippen LogP contribution in [0.15, 0.2) is 36.4 Å².